The highest BCUT2D eigenvalue weighted by Crippen LogP contribution is 2.19. The monoisotopic (exact) mass is 271 g/mol. The van der Waals surface area contributed by atoms with Crippen LogP contribution in [0.3, 0.4) is 0 Å². The lowest BCUT2D eigenvalue weighted by Crippen LogP contribution is -2.18. The number of nitrogens with one attached hydrogen (secondary N) is 1. The normalized spacial score (nSPS) is 14.9. The van der Waals surface area contributed by atoms with Gasteiger partial charge in [-0.1, -0.05) is 6.07 Å². The second kappa shape index (κ2) is 6.20. The molecule has 4 nitrogen and oxygen atoms in total. The van der Waals surface area contributed by atoms with Gasteiger partial charge in [0.2, 0.25) is 0 Å². The van der Waals surface area contributed by atoms with Crippen LogP contribution < -0.4 is 5.32 Å². The third-order valence-electron chi connectivity index (χ3n) is 3.52. The first-order chi connectivity index (χ1) is 9.79. The van der Waals surface area contributed by atoms with E-state index in [-0.39, 0.29) is 0 Å². The highest BCUT2D eigenvalue weighted by atomic mass is 16.3. The maximum atomic E-state index is 5.08. The van der Waals surface area contributed by atoms with Crippen LogP contribution in [0.2, 0.25) is 0 Å². The molecule has 1 fully saturated rings. The number of hydrogen-bond acceptors (Lipinski definition) is 4. The van der Waals surface area contributed by atoms with Gasteiger partial charge in [0.15, 0.2) is 0 Å². The van der Waals surface area contributed by atoms with Gasteiger partial charge in [0.05, 0.1) is 18.2 Å². The number of hydrogen-bond donors (Lipinski definition) is 1. The summed E-state index contributed by atoms with van der Waals surface area (Å²) in [7, 11) is 2.09. The van der Waals surface area contributed by atoms with E-state index in [9.17, 15) is 0 Å². The largest absolute Gasteiger partial charge is 0.472 e. The Hall–Kier alpha value is -1.65. The molecule has 0 spiro atoms. The van der Waals surface area contributed by atoms with Gasteiger partial charge < -0.3 is 9.73 Å². The van der Waals surface area contributed by atoms with E-state index in [2.05, 4.69) is 34.4 Å². The number of rotatable bonds is 7. The minimum absolute atomic E-state index is 0.746. The van der Waals surface area contributed by atoms with Gasteiger partial charge in [0, 0.05) is 37.4 Å². The van der Waals surface area contributed by atoms with E-state index in [0.717, 1.165) is 31.4 Å². The van der Waals surface area contributed by atoms with Crippen LogP contribution in [0.25, 0.3) is 0 Å². The molecule has 106 valence electrons. The van der Waals surface area contributed by atoms with Crippen LogP contribution in [-0.2, 0) is 19.6 Å². The standard InChI is InChI=1S/C16H21N3O/c1-19(10-14-6-7-20-12-14)11-16-3-2-13(9-18-16)8-17-15-4-5-15/h2-3,6-7,9,12,15,17H,4-5,8,10-11H2,1H3. The zero-order valence-corrected chi connectivity index (χ0v) is 11.9. The molecule has 0 radical (unpaired) electrons. The van der Waals surface area contributed by atoms with Gasteiger partial charge in [0.25, 0.3) is 0 Å². The van der Waals surface area contributed by atoms with Crippen molar-refractivity contribution in [1.29, 1.82) is 0 Å². The Morgan fingerprint density at radius 2 is 2.15 bits per heavy atom. The van der Waals surface area contributed by atoms with Crippen molar-refractivity contribution < 1.29 is 4.42 Å². The highest BCUT2D eigenvalue weighted by Gasteiger charge is 2.19. The fourth-order valence-electron chi connectivity index (χ4n) is 2.23. The van der Waals surface area contributed by atoms with Crippen molar-refractivity contribution in [2.24, 2.45) is 0 Å². The molecular formula is C16H21N3O. The van der Waals surface area contributed by atoms with E-state index >= 15 is 0 Å². The fraction of sp³-hybridized carbons (Fsp3) is 0.438. The lowest BCUT2D eigenvalue weighted by Gasteiger charge is -2.15. The summed E-state index contributed by atoms with van der Waals surface area (Å²) in [5, 5.41) is 3.50. The van der Waals surface area contributed by atoms with Crippen LogP contribution in [0.15, 0.2) is 41.3 Å². The lowest BCUT2D eigenvalue weighted by molar-refractivity contribution is 0.314. The molecule has 0 bridgehead atoms. The molecule has 2 heterocycles. The quantitative estimate of drug-likeness (QED) is 0.840. The minimum Gasteiger partial charge on any atom is -0.472 e. The van der Waals surface area contributed by atoms with Gasteiger partial charge in [-0.25, -0.2) is 0 Å². The first kappa shape index (κ1) is 13.3. The molecule has 1 saturated carbocycles. The van der Waals surface area contributed by atoms with Crippen LogP contribution in [0.5, 0.6) is 0 Å². The Bertz CT molecular complexity index is 517. The van der Waals surface area contributed by atoms with Crippen molar-refractivity contribution in [2.75, 3.05) is 7.05 Å². The van der Waals surface area contributed by atoms with Gasteiger partial charge >= 0.3 is 0 Å². The van der Waals surface area contributed by atoms with Gasteiger partial charge in [-0.2, -0.15) is 0 Å². The Kier molecular flexibility index (Phi) is 4.14. The average Bonchev–Trinajstić information content (AvgIpc) is 3.14. The summed E-state index contributed by atoms with van der Waals surface area (Å²) in [6.07, 6.45) is 8.13. The first-order valence-corrected chi connectivity index (χ1v) is 7.16. The number of nitrogens with zero attached hydrogens (tertiary/aromatic N) is 2. The van der Waals surface area contributed by atoms with Crippen LogP contribution >= 0.6 is 0 Å². The number of furan rings is 1. The molecule has 2 aromatic heterocycles. The zero-order chi connectivity index (χ0) is 13.8. The van der Waals surface area contributed by atoms with Crippen LogP contribution in [0.4, 0.5) is 0 Å². The second-order valence-electron chi connectivity index (χ2n) is 5.62. The molecule has 20 heavy (non-hydrogen) atoms. The predicted molar refractivity (Wildman–Crippen MR) is 78.0 cm³/mol. The van der Waals surface area contributed by atoms with E-state index in [0.29, 0.717) is 0 Å². The van der Waals surface area contributed by atoms with Crippen molar-refractivity contribution in [1.82, 2.24) is 15.2 Å². The summed E-state index contributed by atoms with van der Waals surface area (Å²) >= 11 is 0. The van der Waals surface area contributed by atoms with Crippen molar-refractivity contribution in [3.8, 4) is 0 Å². The van der Waals surface area contributed by atoms with E-state index in [1.807, 2.05) is 12.3 Å². The van der Waals surface area contributed by atoms with E-state index < -0.39 is 0 Å². The van der Waals surface area contributed by atoms with E-state index in [1.54, 1.807) is 12.5 Å². The molecule has 4 heteroatoms. The van der Waals surface area contributed by atoms with Gasteiger partial charge in [0.1, 0.15) is 0 Å². The highest BCUT2D eigenvalue weighted by molar-refractivity contribution is 5.14. The predicted octanol–water partition coefficient (Wildman–Crippen LogP) is 2.56. The van der Waals surface area contributed by atoms with Gasteiger partial charge in [-0.05, 0) is 37.6 Å². The molecular weight excluding hydrogens is 250 g/mol. The Balaban J connectivity index is 1.48. The molecule has 0 unspecified atom stereocenters. The molecule has 1 aliphatic carbocycles. The first-order valence-electron chi connectivity index (χ1n) is 7.16. The SMILES string of the molecule is CN(Cc1ccoc1)Cc1ccc(CNC2CC2)cn1. The Labute approximate surface area is 119 Å². The van der Waals surface area contributed by atoms with Crippen molar-refractivity contribution in [3.05, 3.63) is 53.7 Å². The van der Waals surface area contributed by atoms with Gasteiger partial charge in [-0.3, -0.25) is 9.88 Å². The maximum Gasteiger partial charge on any atom is 0.0947 e. The molecule has 2 aromatic rings. The molecule has 1 N–H and O–H groups in total. The third kappa shape index (κ3) is 3.92. The smallest absolute Gasteiger partial charge is 0.0947 e. The lowest BCUT2D eigenvalue weighted by atomic mass is 10.2. The Morgan fingerprint density at radius 3 is 2.80 bits per heavy atom. The summed E-state index contributed by atoms with van der Waals surface area (Å²) in [6.45, 7) is 2.66. The van der Waals surface area contributed by atoms with Crippen LogP contribution in [0, 0.1) is 0 Å². The summed E-state index contributed by atoms with van der Waals surface area (Å²) in [4.78, 5) is 6.77. The fourth-order valence-corrected chi connectivity index (χ4v) is 2.23. The molecule has 0 atom stereocenters. The molecule has 3 rings (SSSR count). The molecule has 0 aromatic carbocycles. The average molecular weight is 271 g/mol. The molecule has 0 aliphatic heterocycles. The topological polar surface area (TPSA) is 41.3 Å². The van der Waals surface area contributed by atoms with E-state index in [4.69, 9.17) is 4.42 Å². The third-order valence-corrected chi connectivity index (χ3v) is 3.52. The zero-order valence-electron chi connectivity index (χ0n) is 11.9. The van der Waals surface area contributed by atoms with Crippen LogP contribution in [0.1, 0.15) is 29.7 Å². The molecule has 0 amide bonds. The Morgan fingerprint density at radius 1 is 1.25 bits per heavy atom. The van der Waals surface area contributed by atoms with Crippen molar-refractivity contribution >= 4 is 0 Å². The number of pyridine rings is 1. The summed E-state index contributed by atoms with van der Waals surface area (Å²) in [5.41, 5.74) is 3.56. The molecule has 0 saturated heterocycles. The second-order valence-corrected chi connectivity index (χ2v) is 5.62. The van der Waals surface area contributed by atoms with Gasteiger partial charge in [-0.15, -0.1) is 0 Å². The van der Waals surface area contributed by atoms with E-state index in [1.165, 1.54) is 24.0 Å². The minimum atomic E-state index is 0.746. The molecule has 1 aliphatic rings. The summed E-state index contributed by atoms with van der Waals surface area (Å²) in [6, 6.07) is 7.03. The summed E-state index contributed by atoms with van der Waals surface area (Å²) < 4.78 is 5.08. The number of aromatic nitrogens is 1. The van der Waals surface area contributed by atoms with Crippen molar-refractivity contribution in [2.45, 2.75) is 38.5 Å². The van der Waals surface area contributed by atoms with Crippen LogP contribution in [-0.4, -0.2) is 23.0 Å². The summed E-state index contributed by atoms with van der Waals surface area (Å²) in [5.74, 6) is 0. The maximum absolute atomic E-state index is 5.08. The van der Waals surface area contributed by atoms with Crippen molar-refractivity contribution in [3.63, 3.8) is 0 Å².